The average Bonchev–Trinajstić information content (AvgIpc) is 2.35. The van der Waals surface area contributed by atoms with Crippen molar-refractivity contribution >= 4 is 5.69 Å². The number of ether oxygens (including phenoxy) is 1. The molecule has 1 aromatic carbocycles. The lowest BCUT2D eigenvalue weighted by atomic mass is 10.1. The first kappa shape index (κ1) is 13.3. The number of rotatable bonds is 4. The summed E-state index contributed by atoms with van der Waals surface area (Å²) in [4.78, 5) is 0. The molecule has 4 heteroatoms. The van der Waals surface area contributed by atoms with Crippen LogP contribution in [0.4, 0.5) is 10.1 Å². The molecule has 2 unspecified atom stereocenters. The van der Waals surface area contributed by atoms with Crippen LogP contribution >= 0.6 is 0 Å². The zero-order chi connectivity index (χ0) is 13.0. The van der Waals surface area contributed by atoms with Crippen molar-refractivity contribution in [3.05, 3.63) is 29.6 Å². The summed E-state index contributed by atoms with van der Waals surface area (Å²) in [6.07, 6.45) is 0.996. The maximum absolute atomic E-state index is 13.2. The minimum atomic E-state index is -0.157. The Hall–Kier alpha value is -1.13. The van der Waals surface area contributed by atoms with Crippen molar-refractivity contribution < 1.29 is 9.13 Å². The molecule has 0 amide bonds. The molecule has 0 aromatic heterocycles. The monoisotopic (exact) mass is 252 g/mol. The molecule has 1 fully saturated rings. The minimum Gasteiger partial charge on any atom is -0.383 e. The van der Waals surface area contributed by atoms with E-state index < -0.39 is 0 Å². The normalized spacial score (nSPS) is 21.6. The van der Waals surface area contributed by atoms with Gasteiger partial charge in [-0.25, -0.2) is 4.39 Å². The summed E-state index contributed by atoms with van der Waals surface area (Å²) in [7, 11) is 0. The quantitative estimate of drug-likeness (QED) is 0.862. The average molecular weight is 252 g/mol. The van der Waals surface area contributed by atoms with Crippen LogP contribution in [-0.4, -0.2) is 31.8 Å². The van der Waals surface area contributed by atoms with Gasteiger partial charge in [-0.1, -0.05) is 0 Å². The highest BCUT2D eigenvalue weighted by molar-refractivity contribution is 5.46. The zero-order valence-corrected chi connectivity index (χ0v) is 11.0. The fraction of sp³-hybridized carbons (Fsp3) is 0.571. The van der Waals surface area contributed by atoms with Crippen LogP contribution in [0.3, 0.4) is 0 Å². The molecule has 1 aromatic rings. The van der Waals surface area contributed by atoms with Gasteiger partial charge >= 0.3 is 0 Å². The summed E-state index contributed by atoms with van der Waals surface area (Å²) in [6.45, 7) is 6.41. The molecule has 0 radical (unpaired) electrons. The van der Waals surface area contributed by atoms with Gasteiger partial charge in [-0.3, -0.25) is 0 Å². The molecule has 1 aliphatic rings. The Balaban J connectivity index is 1.85. The third-order valence-corrected chi connectivity index (χ3v) is 3.21. The van der Waals surface area contributed by atoms with Gasteiger partial charge in [0.1, 0.15) is 5.82 Å². The Morgan fingerprint density at radius 3 is 3.06 bits per heavy atom. The summed E-state index contributed by atoms with van der Waals surface area (Å²) in [5, 5.41) is 6.83. The first-order chi connectivity index (χ1) is 8.65. The second kappa shape index (κ2) is 6.16. The van der Waals surface area contributed by atoms with Gasteiger partial charge in [-0.05, 0) is 44.0 Å². The number of halogens is 1. The van der Waals surface area contributed by atoms with Gasteiger partial charge < -0.3 is 15.4 Å². The lowest BCUT2D eigenvalue weighted by molar-refractivity contribution is 0.0731. The molecule has 0 aliphatic carbocycles. The molecular formula is C14H21FN2O. The SMILES string of the molecule is Cc1cc(NC(C)CC2COCCN2)ccc1F. The van der Waals surface area contributed by atoms with E-state index in [0.29, 0.717) is 17.6 Å². The van der Waals surface area contributed by atoms with Crippen molar-refractivity contribution in [2.75, 3.05) is 25.1 Å². The van der Waals surface area contributed by atoms with Gasteiger partial charge in [0.2, 0.25) is 0 Å². The topological polar surface area (TPSA) is 33.3 Å². The Morgan fingerprint density at radius 1 is 1.56 bits per heavy atom. The highest BCUT2D eigenvalue weighted by Crippen LogP contribution is 2.16. The van der Waals surface area contributed by atoms with Crippen molar-refractivity contribution in [3.63, 3.8) is 0 Å². The fourth-order valence-corrected chi connectivity index (χ4v) is 2.28. The van der Waals surface area contributed by atoms with E-state index in [-0.39, 0.29) is 5.82 Å². The molecular weight excluding hydrogens is 231 g/mol. The Labute approximate surface area is 108 Å². The molecule has 3 nitrogen and oxygen atoms in total. The summed E-state index contributed by atoms with van der Waals surface area (Å²) in [5.41, 5.74) is 1.64. The molecule has 100 valence electrons. The lowest BCUT2D eigenvalue weighted by Crippen LogP contribution is -2.43. The predicted octanol–water partition coefficient (Wildman–Crippen LogP) is 2.31. The molecule has 18 heavy (non-hydrogen) atoms. The number of hydrogen-bond donors (Lipinski definition) is 2. The smallest absolute Gasteiger partial charge is 0.126 e. The predicted molar refractivity (Wildman–Crippen MR) is 71.4 cm³/mol. The van der Waals surface area contributed by atoms with Gasteiger partial charge in [0.15, 0.2) is 0 Å². The van der Waals surface area contributed by atoms with Gasteiger partial charge in [0, 0.05) is 24.3 Å². The number of hydrogen-bond acceptors (Lipinski definition) is 3. The van der Waals surface area contributed by atoms with Crippen molar-refractivity contribution in [2.45, 2.75) is 32.4 Å². The number of aryl methyl sites for hydroxylation is 1. The Bertz CT molecular complexity index is 391. The van der Waals surface area contributed by atoms with Gasteiger partial charge in [0.05, 0.1) is 13.2 Å². The number of morpholine rings is 1. The Kier molecular flexibility index (Phi) is 4.55. The van der Waals surface area contributed by atoms with E-state index in [2.05, 4.69) is 17.6 Å². The molecule has 0 saturated carbocycles. The van der Waals surface area contributed by atoms with Crippen molar-refractivity contribution in [1.82, 2.24) is 5.32 Å². The highest BCUT2D eigenvalue weighted by Gasteiger charge is 2.16. The van der Waals surface area contributed by atoms with Crippen LogP contribution in [0.1, 0.15) is 18.9 Å². The Morgan fingerprint density at radius 2 is 2.39 bits per heavy atom. The molecule has 2 rings (SSSR count). The second-order valence-corrected chi connectivity index (χ2v) is 4.97. The van der Waals surface area contributed by atoms with Crippen molar-refractivity contribution in [2.24, 2.45) is 0 Å². The summed E-state index contributed by atoms with van der Waals surface area (Å²) in [6, 6.07) is 5.86. The van der Waals surface area contributed by atoms with Crippen molar-refractivity contribution in [1.29, 1.82) is 0 Å². The zero-order valence-electron chi connectivity index (χ0n) is 11.0. The number of nitrogens with one attached hydrogen (secondary N) is 2. The molecule has 0 bridgehead atoms. The van der Waals surface area contributed by atoms with Crippen LogP contribution in [0, 0.1) is 12.7 Å². The van der Waals surface area contributed by atoms with E-state index in [1.54, 1.807) is 13.0 Å². The maximum atomic E-state index is 13.2. The first-order valence-electron chi connectivity index (χ1n) is 6.49. The molecule has 1 heterocycles. The summed E-state index contributed by atoms with van der Waals surface area (Å²) < 4.78 is 18.6. The molecule has 1 saturated heterocycles. The molecule has 2 N–H and O–H groups in total. The van der Waals surface area contributed by atoms with E-state index >= 15 is 0 Å². The van der Waals surface area contributed by atoms with E-state index in [1.807, 2.05) is 6.07 Å². The largest absolute Gasteiger partial charge is 0.383 e. The van der Waals surface area contributed by atoms with Gasteiger partial charge in [-0.2, -0.15) is 0 Å². The van der Waals surface area contributed by atoms with Crippen LogP contribution in [0.2, 0.25) is 0 Å². The van der Waals surface area contributed by atoms with E-state index in [1.165, 1.54) is 6.07 Å². The first-order valence-corrected chi connectivity index (χ1v) is 6.49. The van der Waals surface area contributed by atoms with E-state index in [0.717, 1.165) is 31.9 Å². The van der Waals surface area contributed by atoms with Crippen LogP contribution in [0.15, 0.2) is 18.2 Å². The van der Waals surface area contributed by atoms with Gasteiger partial charge in [0.25, 0.3) is 0 Å². The van der Waals surface area contributed by atoms with E-state index in [9.17, 15) is 4.39 Å². The van der Waals surface area contributed by atoms with E-state index in [4.69, 9.17) is 4.74 Å². The molecule has 2 atom stereocenters. The van der Waals surface area contributed by atoms with Crippen LogP contribution in [0.25, 0.3) is 0 Å². The third kappa shape index (κ3) is 3.68. The van der Waals surface area contributed by atoms with Crippen LogP contribution in [0.5, 0.6) is 0 Å². The van der Waals surface area contributed by atoms with Gasteiger partial charge in [-0.15, -0.1) is 0 Å². The standard InChI is InChI=1S/C14H21FN2O/c1-10-7-12(3-4-14(10)15)17-11(2)8-13-9-18-6-5-16-13/h3-4,7,11,13,16-17H,5-6,8-9H2,1-2H3. The fourth-order valence-electron chi connectivity index (χ4n) is 2.28. The summed E-state index contributed by atoms with van der Waals surface area (Å²) >= 11 is 0. The second-order valence-electron chi connectivity index (χ2n) is 4.97. The van der Waals surface area contributed by atoms with Crippen LogP contribution < -0.4 is 10.6 Å². The van der Waals surface area contributed by atoms with Crippen molar-refractivity contribution in [3.8, 4) is 0 Å². The summed E-state index contributed by atoms with van der Waals surface area (Å²) in [5.74, 6) is -0.157. The minimum absolute atomic E-state index is 0.157. The molecule has 1 aliphatic heterocycles. The lowest BCUT2D eigenvalue weighted by Gasteiger charge is -2.27. The van der Waals surface area contributed by atoms with Crippen LogP contribution in [-0.2, 0) is 4.74 Å². The third-order valence-electron chi connectivity index (χ3n) is 3.21. The highest BCUT2D eigenvalue weighted by atomic mass is 19.1. The number of anilines is 1. The molecule has 0 spiro atoms. The number of benzene rings is 1. The maximum Gasteiger partial charge on any atom is 0.126 e.